The second kappa shape index (κ2) is 31.8. The normalized spacial score (nSPS) is 14.2. The molecule has 0 aromatic heterocycles. The number of hydrogen-bond donors (Lipinski definition) is 4. The van der Waals surface area contributed by atoms with Gasteiger partial charge in [0.05, 0.1) is 18.8 Å². The van der Waals surface area contributed by atoms with Crippen molar-refractivity contribution in [1.82, 2.24) is 5.32 Å². The Kier molecular flexibility index (Phi) is 30.9. The Morgan fingerprint density at radius 1 is 0.585 bits per heavy atom. The average Bonchev–Trinajstić information content (AvgIpc) is 2.97. The summed E-state index contributed by atoms with van der Waals surface area (Å²) in [5.41, 5.74) is 0. The van der Waals surface area contributed by atoms with Crippen molar-refractivity contribution < 1.29 is 20.1 Å². The van der Waals surface area contributed by atoms with Crippen LogP contribution in [0.2, 0.25) is 0 Å². The first kappa shape index (κ1) is 39.8. The van der Waals surface area contributed by atoms with Crippen LogP contribution < -0.4 is 5.32 Å². The van der Waals surface area contributed by atoms with E-state index in [9.17, 15) is 20.1 Å². The maximum atomic E-state index is 12.3. The Hall–Kier alpha value is -1.17. The van der Waals surface area contributed by atoms with Gasteiger partial charge >= 0.3 is 0 Å². The lowest BCUT2D eigenvalue weighted by atomic mass is 10.0. The Bertz CT molecular complexity index is 606. The lowest BCUT2D eigenvalue weighted by Crippen LogP contribution is -2.50. The van der Waals surface area contributed by atoms with Crippen LogP contribution in [0, 0.1) is 0 Å². The van der Waals surface area contributed by atoms with Crippen LogP contribution in [-0.2, 0) is 4.79 Å². The topological polar surface area (TPSA) is 89.8 Å². The molecule has 0 saturated heterocycles. The Morgan fingerprint density at radius 2 is 1.00 bits per heavy atom. The highest BCUT2D eigenvalue weighted by Gasteiger charge is 2.26. The van der Waals surface area contributed by atoms with Crippen LogP contribution in [-0.4, -0.2) is 46.1 Å². The molecule has 0 saturated carbocycles. The summed E-state index contributed by atoms with van der Waals surface area (Å²) < 4.78 is 0. The van der Waals surface area contributed by atoms with Gasteiger partial charge in [0.1, 0.15) is 6.10 Å². The predicted octanol–water partition coefficient (Wildman–Crippen LogP) is 9.09. The molecular weight excluding hydrogens is 510 g/mol. The van der Waals surface area contributed by atoms with Crippen molar-refractivity contribution in [1.29, 1.82) is 0 Å². The fraction of sp³-hybridized carbons (Fsp3) is 0.861. The number of aliphatic hydroxyl groups excluding tert-OH is 3. The molecule has 0 rings (SSSR count). The number of unbranched alkanes of at least 4 members (excludes halogenated alkanes) is 19. The van der Waals surface area contributed by atoms with E-state index < -0.39 is 18.2 Å². The third-order valence-corrected chi connectivity index (χ3v) is 8.04. The molecule has 0 fully saturated rings. The molecule has 4 N–H and O–H groups in total. The quantitative estimate of drug-likeness (QED) is 0.0487. The van der Waals surface area contributed by atoms with Gasteiger partial charge in [-0.2, -0.15) is 0 Å². The summed E-state index contributed by atoms with van der Waals surface area (Å²) in [6.45, 7) is 4.12. The van der Waals surface area contributed by atoms with Gasteiger partial charge in [-0.25, -0.2) is 0 Å². The van der Waals surface area contributed by atoms with E-state index in [1.165, 1.54) is 103 Å². The van der Waals surface area contributed by atoms with E-state index in [1.807, 2.05) is 0 Å². The minimum atomic E-state index is -1.16. The molecule has 0 aromatic rings. The fourth-order valence-corrected chi connectivity index (χ4v) is 5.23. The number of carbonyl (C=O) groups is 1. The van der Waals surface area contributed by atoms with Crippen LogP contribution in [0.25, 0.3) is 0 Å². The van der Waals surface area contributed by atoms with E-state index in [2.05, 4.69) is 43.5 Å². The lowest BCUT2D eigenvalue weighted by molar-refractivity contribution is -0.124. The number of rotatable bonds is 31. The highest BCUT2D eigenvalue weighted by atomic mass is 16.3. The molecule has 3 atom stereocenters. The molecule has 5 heteroatoms. The van der Waals surface area contributed by atoms with E-state index >= 15 is 0 Å². The highest BCUT2D eigenvalue weighted by Crippen LogP contribution is 2.14. The summed E-state index contributed by atoms with van der Waals surface area (Å²) in [7, 11) is 0. The van der Waals surface area contributed by atoms with Gasteiger partial charge in [0.2, 0.25) is 5.91 Å². The zero-order valence-electron chi connectivity index (χ0n) is 27.2. The van der Waals surface area contributed by atoms with E-state index in [1.54, 1.807) is 0 Å². The molecule has 0 aliphatic heterocycles. The summed E-state index contributed by atoms with van der Waals surface area (Å²) in [6, 6.07) is -0.826. The van der Waals surface area contributed by atoms with Crippen molar-refractivity contribution in [2.24, 2.45) is 0 Å². The van der Waals surface area contributed by atoms with Crippen LogP contribution >= 0.6 is 0 Å². The number of carbonyl (C=O) groups excluding carboxylic acids is 1. The molecule has 0 radical (unpaired) electrons. The van der Waals surface area contributed by atoms with Gasteiger partial charge in [-0.05, 0) is 51.4 Å². The first-order chi connectivity index (χ1) is 20.1. The van der Waals surface area contributed by atoms with Gasteiger partial charge in [-0.15, -0.1) is 0 Å². The Labute approximate surface area is 254 Å². The van der Waals surface area contributed by atoms with Crippen LogP contribution in [0.1, 0.15) is 174 Å². The van der Waals surface area contributed by atoms with Crippen molar-refractivity contribution in [2.75, 3.05) is 6.61 Å². The van der Waals surface area contributed by atoms with Crippen molar-refractivity contribution >= 4 is 5.91 Å². The second-order valence-corrected chi connectivity index (χ2v) is 12.1. The van der Waals surface area contributed by atoms with Crippen molar-refractivity contribution in [3.05, 3.63) is 24.3 Å². The Morgan fingerprint density at radius 3 is 1.49 bits per heavy atom. The molecule has 0 aromatic carbocycles. The van der Waals surface area contributed by atoms with Gasteiger partial charge in [-0.1, -0.05) is 141 Å². The number of nitrogens with one attached hydrogen (secondary N) is 1. The van der Waals surface area contributed by atoms with Gasteiger partial charge in [0, 0.05) is 6.42 Å². The molecule has 0 spiro atoms. The highest BCUT2D eigenvalue weighted by molar-refractivity contribution is 5.76. The van der Waals surface area contributed by atoms with Gasteiger partial charge < -0.3 is 20.6 Å². The molecule has 0 aliphatic carbocycles. The second-order valence-electron chi connectivity index (χ2n) is 12.1. The molecule has 3 unspecified atom stereocenters. The monoisotopic (exact) mass is 580 g/mol. The molecule has 0 aliphatic rings. The number of amides is 1. The third kappa shape index (κ3) is 27.4. The van der Waals surface area contributed by atoms with E-state index in [4.69, 9.17) is 0 Å². The summed E-state index contributed by atoms with van der Waals surface area (Å²) in [4.78, 5) is 12.3. The van der Waals surface area contributed by atoms with Crippen molar-refractivity contribution in [3.63, 3.8) is 0 Å². The molecule has 242 valence electrons. The molecule has 0 bridgehead atoms. The van der Waals surface area contributed by atoms with E-state index in [0.717, 1.165) is 44.9 Å². The predicted molar refractivity (Wildman–Crippen MR) is 176 cm³/mol. The maximum Gasteiger partial charge on any atom is 0.220 e. The molecule has 5 nitrogen and oxygen atoms in total. The molecule has 0 heterocycles. The van der Waals surface area contributed by atoms with Gasteiger partial charge in [0.15, 0.2) is 0 Å². The van der Waals surface area contributed by atoms with E-state index in [-0.39, 0.29) is 12.5 Å². The maximum absolute atomic E-state index is 12.3. The number of allylic oxidation sites excluding steroid dienone is 4. The van der Waals surface area contributed by atoms with Crippen molar-refractivity contribution in [3.8, 4) is 0 Å². The lowest BCUT2D eigenvalue weighted by Gasteiger charge is -2.26. The number of aliphatic hydroxyl groups is 3. The Balaban J connectivity index is 3.78. The number of hydrogen-bond acceptors (Lipinski definition) is 4. The van der Waals surface area contributed by atoms with Crippen molar-refractivity contribution in [2.45, 2.75) is 193 Å². The smallest absolute Gasteiger partial charge is 0.220 e. The van der Waals surface area contributed by atoms with Crippen LogP contribution in [0.5, 0.6) is 0 Å². The summed E-state index contributed by atoms with van der Waals surface area (Å²) in [5.74, 6) is -0.160. The average molecular weight is 580 g/mol. The zero-order chi connectivity index (χ0) is 30.2. The third-order valence-electron chi connectivity index (χ3n) is 8.04. The summed E-state index contributed by atoms with van der Waals surface area (Å²) >= 11 is 0. The first-order valence-electron chi connectivity index (χ1n) is 17.6. The standard InChI is InChI=1S/C36H69NO4/c1-3-5-7-9-11-13-15-17-19-20-22-24-26-28-30-34(39)36(41)33(32-38)37-35(40)31-29-27-25-23-21-18-16-14-12-10-8-6-4-2/h15,17,22,24,33-34,36,38-39,41H,3-14,16,18-21,23,25-32H2,1-2H3,(H,37,40)/b17-15+,24-22+. The SMILES string of the molecule is CCCCCCC/C=C/CC/C=C/CCCC(O)C(O)C(CO)NC(=O)CCCCCCCCCCCCCCC. The minimum absolute atomic E-state index is 0.160. The summed E-state index contributed by atoms with van der Waals surface area (Å²) in [6.07, 6.45) is 35.5. The minimum Gasteiger partial charge on any atom is -0.394 e. The van der Waals surface area contributed by atoms with Crippen LogP contribution in [0.4, 0.5) is 0 Å². The van der Waals surface area contributed by atoms with Crippen LogP contribution in [0.15, 0.2) is 24.3 Å². The largest absolute Gasteiger partial charge is 0.394 e. The van der Waals surface area contributed by atoms with Gasteiger partial charge in [-0.3, -0.25) is 4.79 Å². The fourth-order valence-electron chi connectivity index (χ4n) is 5.23. The van der Waals surface area contributed by atoms with Gasteiger partial charge in [0.25, 0.3) is 0 Å². The summed E-state index contributed by atoms with van der Waals surface area (Å²) in [5, 5.41) is 33.2. The molecule has 1 amide bonds. The first-order valence-corrected chi connectivity index (χ1v) is 17.6. The molecular formula is C36H69NO4. The molecule has 41 heavy (non-hydrogen) atoms. The zero-order valence-corrected chi connectivity index (χ0v) is 27.2. The van der Waals surface area contributed by atoms with E-state index in [0.29, 0.717) is 12.8 Å². The van der Waals surface area contributed by atoms with Crippen LogP contribution in [0.3, 0.4) is 0 Å².